The highest BCUT2D eigenvalue weighted by Gasteiger charge is 2.24. The Bertz CT molecular complexity index is 397. The normalized spacial score (nSPS) is 15.6. The smallest absolute Gasteiger partial charge is 0.309 e. The highest BCUT2D eigenvalue weighted by atomic mass is 16.1. The van der Waals surface area contributed by atoms with Crippen LogP contribution in [0.2, 0.25) is 0 Å². The van der Waals surface area contributed by atoms with Gasteiger partial charge in [0, 0.05) is 5.69 Å². The van der Waals surface area contributed by atoms with Crippen LogP contribution < -0.4 is 5.69 Å². The van der Waals surface area contributed by atoms with Gasteiger partial charge in [-0.2, -0.15) is 10.2 Å². The fraction of sp³-hybridized carbons (Fsp3) is 0.375. The molecule has 0 radical (unpaired) electrons. The molecule has 0 amide bonds. The van der Waals surface area contributed by atoms with E-state index in [0.29, 0.717) is 5.92 Å². The molecule has 0 spiro atoms. The number of nitrogens with zero attached hydrogens (tertiary/aromatic N) is 2. The monoisotopic (exact) mass is 161 g/mol. The molecular formula is C8H7N3O. The predicted molar refractivity (Wildman–Crippen MR) is 41.5 cm³/mol. The third-order valence-corrected chi connectivity index (χ3v) is 1.90. The summed E-state index contributed by atoms with van der Waals surface area (Å²) < 4.78 is 0. The summed E-state index contributed by atoms with van der Waals surface area (Å²) in [6, 6.07) is 3.51. The lowest BCUT2D eigenvalue weighted by atomic mass is 10.2. The van der Waals surface area contributed by atoms with E-state index in [2.05, 4.69) is 9.97 Å². The first-order valence-electron chi connectivity index (χ1n) is 3.81. The molecule has 1 N–H and O–H groups in total. The average Bonchev–Trinajstić information content (AvgIpc) is 2.85. The Morgan fingerprint density at radius 1 is 1.67 bits per heavy atom. The Labute approximate surface area is 68.9 Å². The number of nitriles is 1. The summed E-state index contributed by atoms with van der Waals surface area (Å²) in [7, 11) is 0. The van der Waals surface area contributed by atoms with E-state index in [1.807, 2.05) is 6.07 Å². The molecule has 0 aliphatic heterocycles. The van der Waals surface area contributed by atoms with Crippen LogP contribution in [0.1, 0.15) is 30.1 Å². The molecule has 0 atom stereocenters. The number of nitrogens with one attached hydrogen (secondary N) is 1. The molecule has 4 nitrogen and oxygen atoms in total. The van der Waals surface area contributed by atoms with E-state index >= 15 is 0 Å². The van der Waals surface area contributed by atoms with Gasteiger partial charge in [-0.05, 0) is 24.8 Å². The summed E-state index contributed by atoms with van der Waals surface area (Å²) in [5, 5.41) is 8.52. The van der Waals surface area contributed by atoms with E-state index in [-0.39, 0.29) is 5.69 Å². The van der Waals surface area contributed by atoms with E-state index in [9.17, 15) is 4.79 Å². The quantitative estimate of drug-likeness (QED) is 0.652. The van der Waals surface area contributed by atoms with Gasteiger partial charge in [-0.25, -0.2) is 4.79 Å². The molecule has 1 fully saturated rings. The van der Waals surface area contributed by atoms with Crippen molar-refractivity contribution in [1.29, 1.82) is 5.26 Å². The van der Waals surface area contributed by atoms with E-state index in [1.165, 1.54) is 0 Å². The molecule has 0 aromatic carbocycles. The number of aromatic nitrogens is 2. The molecule has 60 valence electrons. The predicted octanol–water partition coefficient (Wildman–Crippen LogP) is 0.519. The molecule has 1 heterocycles. The van der Waals surface area contributed by atoms with E-state index in [1.54, 1.807) is 6.07 Å². The fourth-order valence-electron chi connectivity index (χ4n) is 1.15. The standard InChI is InChI=1S/C8H7N3O/c9-4-6-3-7(5-1-2-5)11-8(12)10-6/h3,5H,1-2H2,(H,10,11,12). The number of rotatable bonds is 1. The first kappa shape index (κ1) is 7.04. The largest absolute Gasteiger partial charge is 0.346 e. The highest BCUT2D eigenvalue weighted by Crippen LogP contribution is 2.38. The Hall–Kier alpha value is -1.63. The zero-order valence-electron chi connectivity index (χ0n) is 6.37. The van der Waals surface area contributed by atoms with Gasteiger partial charge in [0.15, 0.2) is 0 Å². The van der Waals surface area contributed by atoms with Crippen LogP contribution in [0.25, 0.3) is 0 Å². The van der Waals surface area contributed by atoms with Crippen molar-refractivity contribution in [2.45, 2.75) is 18.8 Å². The maximum Gasteiger partial charge on any atom is 0.346 e. The molecule has 0 unspecified atom stereocenters. The molecule has 12 heavy (non-hydrogen) atoms. The van der Waals surface area contributed by atoms with Gasteiger partial charge in [0.1, 0.15) is 11.8 Å². The fourth-order valence-corrected chi connectivity index (χ4v) is 1.15. The van der Waals surface area contributed by atoms with Gasteiger partial charge in [-0.3, -0.25) is 0 Å². The number of hydrogen-bond donors (Lipinski definition) is 1. The minimum atomic E-state index is -0.420. The van der Waals surface area contributed by atoms with Crippen molar-refractivity contribution in [3.8, 4) is 6.07 Å². The number of H-pyrrole nitrogens is 1. The SMILES string of the molecule is N#Cc1cc(C2CC2)[nH]c(=O)n1. The van der Waals surface area contributed by atoms with Crippen LogP contribution in [0.3, 0.4) is 0 Å². The maximum absolute atomic E-state index is 10.9. The zero-order chi connectivity index (χ0) is 8.55. The second-order valence-corrected chi connectivity index (χ2v) is 2.91. The van der Waals surface area contributed by atoms with Crippen molar-refractivity contribution >= 4 is 0 Å². The van der Waals surface area contributed by atoms with Crippen LogP contribution in [-0.2, 0) is 0 Å². The highest BCUT2D eigenvalue weighted by molar-refractivity contribution is 5.24. The van der Waals surface area contributed by atoms with Crippen molar-refractivity contribution in [1.82, 2.24) is 9.97 Å². The van der Waals surface area contributed by atoms with Gasteiger partial charge >= 0.3 is 5.69 Å². The average molecular weight is 161 g/mol. The molecule has 4 heteroatoms. The Balaban J connectivity index is 2.50. The first-order valence-corrected chi connectivity index (χ1v) is 3.81. The first-order chi connectivity index (χ1) is 5.79. The van der Waals surface area contributed by atoms with Crippen LogP contribution in [0, 0.1) is 11.3 Å². The summed E-state index contributed by atoms with van der Waals surface area (Å²) in [6.07, 6.45) is 2.20. The summed E-state index contributed by atoms with van der Waals surface area (Å²) in [4.78, 5) is 17.0. The Kier molecular flexibility index (Phi) is 1.44. The van der Waals surface area contributed by atoms with Crippen LogP contribution in [-0.4, -0.2) is 9.97 Å². The summed E-state index contributed by atoms with van der Waals surface area (Å²) in [5.74, 6) is 0.452. The lowest BCUT2D eigenvalue weighted by molar-refractivity contribution is 0.938. The van der Waals surface area contributed by atoms with Crippen molar-refractivity contribution < 1.29 is 0 Å². The van der Waals surface area contributed by atoms with E-state index < -0.39 is 5.69 Å². The van der Waals surface area contributed by atoms with Crippen molar-refractivity contribution in [2.75, 3.05) is 0 Å². The number of aromatic amines is 1. The molecule has 2 rings (SSSR count). The molecule has 0 saturated heterocycles. The third kappa shape index (κ3) is 1.21. The topological polar surface area (TPSA) is 69.5 Å². The second-order valence-electron chi connectivity index (χ2n) is 2.91. The lowest BCUT2D eigenvalue weighted by Crippen LogP contribution is -2.13. The van der Waals surface area contributed by atoms with Crippen LogP contribution in [0.5, 0.6) is 0 Å². The van der Waals surface area contributed by atoms with Crippen molar-refractivity contribution in [2.24, 2.45) is 0 Å². The second kappa shape index (κ2) is 2.45. The Morgan fingerprint density at radius 2 is 2.42 bits per heavy atom. The van der Waals surface area contributed by atoms with Crippen molar-refractivity contribution in [3.05, 3.63) is 27.9 Å². The minimum absolute atomic E-state index is 0.209. The summed E-state index contributed by atoms with van der Waals surface area (Å²) in [6.45, 7) is 0. The third-order valence-electron chi connectivity index (χ3n) is 1.90. The van der Waals surface area contributed by atoms with Crippen LogP contribution >= 0.6 is 0 Å². The molecule has 1 saturated carbocycles. The molecule has 0 bridgehead atoms. The molecule has 1 aromatic heterocycles. The Morgan fingerprint density at radius 3 is 3.00 bits per heavy atom. The molecule has 1 aliphatic rings. The summed E-state index contributed by atoms with van der Waals surface area (Å²) in [5.41, 5.74) is 0.642. The van der Waals surface area contributed by atoms with Gasteiger partial charge < -0.3 is 4.98 Å². The van der Waals surface area contributed by atoms with Gasteiger partial charge in [0.05, 0.1) is 0 Å². The van der Waals surface area contributed by atoms with Gasteiger partial charge in [-0.1, -0.05) is 0 Å². The van der Waals surface area contributed by atoms with Gasteiger partial charge in [-0.15, -0.1) is 0 Å². The summed E-state index contributed by atoms with van der Waals surface area (Å²) >= 11 is 0. The van der Waals surface area contributed by atoms with E-state index in [0.717, 1.165) is 18.5 Å². The zero-order valence-corrected chi connectivity index (χ0v) is 6.37. The van der Waals surface area contributed by atoms with Gasteiger partial charge in [0.2, 0.25) is 0 Å². The van der Waals surface area contributed by atoms with Crippen molar-refractivity contribution in [3.63, 3.8) is 0 Å². The number of hydrogen-bond acceptors (Lipinski definition) is 3. The van der Waals surface area contributed by atoms with E-state index in [4.69, 9.17) is 5.26 Å². The molecule has 1 aromatic rings. The van der Waals surface area contributed by atoms with Crippen LogP contribution in [0.15, 0.2) is 10.9 Å². The lowest BCUT2D eigenvalue weighted by Gasteiger charge is -1.95. The molecule has 1 aliphatic carbocycles. The van der Waals surface area contributed by atoms with Crippen LogP contribution in [0.4, 0.5) is 0 Å². The molecular weight excluding hydrogens is 154 g/mol. The van der Waals surface area contributed by atoms with Gasteiger partial charge in [0.25, 0.3) is 0 Å². The maximum atomic E-state index is 10.9. The minimum Gasteiger partial charge on any atom is -0.309 e.